The summed E-state index contributed by atoms with van der Waals surface area (Å²) in [5.41, 5.74) is 6.42. The lowest BCUT2D eigenvalue weighted by molar-refractivity contribution is 0.121. The fourth-order valence-corrected chi connectivity index (χ4v) is 1.52. The van der Waals surface area contributed by atoms with Crippen LogP contribution in [0.5, 0.6) is 0 Å². The first-order valence-corrected chi connectivity index (χ1v) is 5.31. The van der Waals surface area contributed by atoms with Crippen molar-refractivity contribution in [1.29, 1.82) is 0 Å². The topological polar surface area (TPSA) is 35.2 Å². The minimum atomic E-state index is -0.444. The van der Waals surface area contributed by atoms with E-state index in [0.717, 1.165) is 6.42 Å². The predicted octanol–water partition coefficient (Wildman–Crippen LogP) is 2.91. The molecule has 2 nitrogen and oxygen atoms in total. The second kappa shape index (κ2) is 6.05. The monoisotopic (exact) mass is 231 g/mol. The van der Waals surface area contributed by atoms with Gasteiger partial charge in [-0.05, 0) is 18.1 Å². The van der Waals surface area contributed by atoms with E-state index in [2.05, 4.69) is 0 Å². The zero-order chi connectivity index (χ0) is 11.3. The molecule has 0 aliphatic rings. The number of nitrogens with two attached hydrogens (primary N) is 1. The van der Waals surface area contributed by atoms with Gasteiger partial charge < -0.3 is 10.5 Å². The van der Waals surface area contributed by atoms with Crippen LogP contribution in [0.25, 0.3) is 0 Å². The molecule has 0 aliphatic heterocycles. The molecule has 2 N–H and O–H groups in total. The number of halogens is 2. The van der Waals surface area contributed by atoms with Gasteiger partial charge in [0.05, 0.1) is 17.7 Å². The summed E-state index contributed by atoms with van der Waals surface area (Å²) < 4.78 is 18.4. The lowest BCUT2D eigenvalue weighted by Crippen LogP contribution is -2.18. The van der Waals surface area contributed by atoms with Crippen LogP contribution in [0, 0.1) is 5.82 Å². The van der Waals surface area contributed by atoms with E-state index in [-0.39, 0.29) is 11.1 Å². The van der Waals surface area contributed by atoms with Gasteiger partial charge in [-0.25, -0.2) is 4.39 Å². The van der Waals surface area contributed by atoms with Crippen molar-refractivity contribution in [3.63, 3.8) is 0 Å². The van der Waals surface area contributed by atoms with Crippen LogP contribution < -0.4 is 5.73 Å². The molecule has 0 bridgehead atoms. The van der Waals surface area contributed by atoms with Crippen molar-refractivity contribution in [3.05, 3.63) is 34.6 Å². The summed E-state index contributed by atoms with van der Waals surface area (Å²) in [6.45, 7) is 3.03. The van der Waals surface area contributed by atoms with Crippen molar-refractivity contribution in [2.24, 2.45) is 5.73 Å². The standard InChI is InChI=1S/C11H15ClFNO/c1-2-6-15-7-10(14)8-4-3-5-9(13)11(8)12/h3-5,10H,2,6-7,14H2,1H3. The van der Waals surface area contributed by atoms with Gasteiger partial charge in [0.1, 0.15) is 5.82 Å². The van der Waals surface area contributed by atoms with Gasteiger partial charge in [-0.1, -0.05) is 30.7 Å². The number of rotatable bonds is 5. The first-order valence-electron chi connectivity index (χ1n) is 4.94. The van der Waals surface area contributed by atoms with Crippen LogP contribution in [-0.2, 0) is 4.74 Å². The predicted molar refractivity (Wildman–Crippen MR) is 59.4 cm³/mol. The van der Waals surface area contributed by atoms with Gasteiger partial charge in [0, 0.05) is 6.61 Å². The van der Waals surface area contributed by atoms with E-state index < -0.39 is 5.82 Å². The Labute approximate surface area is 94.2 Å². The maximum absolute atomic E-state index is 13.1. The van der Waals surface area contributed by atoms with Crippen LogP contribution in [0.1, 0.15) is 24.9 Å². The highest BCUT2D eigenvalue weighted by atomic mass is 35.5. The van der Waals surface area contributed by atoms with Gasteiger partial charge in [0.2, 0.25) is 0 Å². The van der Waals surface area contributed by atoms with Crippen molar-refractivity contribution in [2.75, 3.05) is 13.2 Å². The molecule has 1 unspecified atom stereocenters. The Morgan fingerprint density at radius 2 is 2.27 bits per heavy atom. The second-order valence-corrected chi connectivity index (χ2v) is 3.70. The highest BCUT2D eigenvalue weighted by Crippen LogP contribution is 2.24. The zero-order valence-electron chi connectivity index (χ0n) is 8.67. The molecule has 4 heteroatoms. The van der Waals surface area contributed by atoms with E-state index in [4.69, 9.17) is 22.1 Å². The molecule has 1 atom stereocenters. The Morgan fingerprint density at radius 1 is 1.53 bits per heavy atom. The Balaban J connectivity index is 2.65. The average molecular weight is 232 g/mol. The van der Waals surface area contributed by atoms with Crippen LogP contribution in [0.15, 0.2) is 18.2 Å². The fourth-order valence-electron chi connectivity index (χ4n) is 1.25. The van der Waals surface area contributed by atoms with Crippen LogP contribution in [0.4, 0.5) is 4.39 Å². The second-order valence-electron chi connectivity index (χ2n) is 3.32. The van der Waals surface area contributed by atoms with Gasteiger partial charge in [-0.15, -0.1) is 0 Å². The molecular formula is C11H15ClFNO. The molecule has 0 heterocycles. The molecule has 0 amide bonds. The molecule has 0 fully saturated rings. The highest BCUT2D eigenvalue weighted by Gasteiger charge is 2.12. The van der Waals surface area contributed by atoms with E-state index in [1.54, 1.807) is 12.1 Å². The minimum Gasteiger partial charge on any atom is -0.379 e. The third kappa shape index (κ3) is 3.45. The van der Waals surface area contributed by atoms with Crippen LogP contribution in [-0.4, -0.2) is 13.2 Å². The van der Waals surface area contributed by atoms with E-state index in [1.807, 2.05) is 6.92 Å². The zero-order valence-corrected chi connectivity index (χ0v) is 9.43. The van der Waals surface area contributed by atoms with Crippen LogP contribution in [0.2, 0.25) is 5.02 Å². The summed E-state index contributed by atoms with van der Waals surface area (Å²) in [4.78, 5) is 0. The number of ether oxygens (including phenoxy) is 1. The Hall–Kier alpha value is -0.640. The summed E-state index contributed by atoms with van der Waals surface area (Å²) in [6, 6.07) is 4.24. The Bertz CT molecular complexity index is 319. The average Bonchev–Trinajstić information content (AvgIpc) is 2.22. The molecule has 0 aromatic heterocycles. The third-order valence-electron chi connectivity index (χ3n) is 2.03. The molecule has 0 radical (unpaired) electrons. The van der Waals surface area contributed by atoms with Gasteiger partial charge in [-0.3, -0.25) is 0 Å². The van der Waals surface area contributed by atoms with Gasteiger partial charge in [0.25, 0.3) is 0 Å². The first-order chi connectivity index (χ1) is 7.16. The van der Waals surface area contributed by atoms with Crippen molar-refractivity contribution in [3.8, 4) is 0 Å². The summed E-state index contributed by atoms with van der Waals surface area (Å²) in [5, 5.41) is 0.0881. The largest absolute Gasteiger partial charge is 0.379 e. The molecule has 84 valence electrons. The van der Waals surface area contributed by atoms with Crippen molar-refractivity contribution >= 4 is 11.6 Å². The molecule has 1 aromatic rings. The number of hydrogen-bond donors (Lipinski definition) is 1. The minimum absolute atomic E-state index is 0.0881. The Morgan fingerprint density at radius 3 is 2.93 bits per heavy atom. The normalized spacial score (nSPS) is 12.8. The van der Waals surface area contributed by atoms with E-state index in [0.29, 0.717) is 18.8 Å². The van der Waals surface area contributed by atoms with Crippen molar-refractivity contribution < 1.29 is 9.13 Å². The number of benzene rings is 1. The molecular weight excluding hydrogens is 217 g/mol. The smallest absolute Gasteiger partial charge is 0.142 e. The van der Waals surface area contributed by atoms with Gasteiger partial charge in [-0.2, -0.15) is 0 Å². The molecule has 1 aromatic carbocycles. The Kier molecular flexibility index (Phi) is 5.02. The molecule has 15 heavy (non-hydrogen) atoms. The maximum Gasteiger partial charge on any atom is 0.142 e. The lowest BCUT2D eigenvalue weighted by atomic mass is 10.1. The fraction of sp³-hybridized carbons (Fsp3) is 0.455. The van der Waals surface area contributed by atoms with Crippen molar-refractivity contribution in [1.82, 2.24) is 0 Å². The van der Waals surface area contributed by atoms with Gasteiger partial charge in [0.15, 0.2) is 0 Å². The van der Waals surface area contributed by atoms with E-state index in [9.17, 15) is 4.39 Å². The van der Waals surface area contributed by atoms with Crippen LogP contribution in [0.3, 0.4) is 0 Å². The SMILES string of the molecule is CCCOCC(N)c1cccc(F)c1Cl. The quantitative estimate of drug-likeness (QED) is 0.791. The summed E-state index contributed by atoms with van der Waals surface area (Å²) in [7, 11) is 0. The summed E-state index contributed by atoms with van der Waals surface area (Å²) in [5.74, 6) is -0.444. The van der Waals surface area contributed by atoms with E-state index in [1.165, 1.54) is 6.07 Å². The van der Waals surface area contributed by atoms with E-state index >= 15 is 0 Å². The number of hydrogen-bond acceptors (Lipinski definition) is 2. The maximum atomic E-state index is 13.1. The highest BCUT2D eigenvalue weighted by molar-refractivity contribution is 6.31. The molecule has 0 saturated carbocycles. The lowest BCUT2D eigenvalue weighted by Gasteiger charge is -2.13. The summed E-state index contributed by atoms with van der Waals surface area (Å²) in [6.07, 6.45) is 0.934. The molecule has 0 saturated heterocycles. The first kappa shape index (κ1) is 12.4. The third-order valence-corrected chi connectivity index (χ3v) is 2.43. The molecule has 0 spiro atoms. The molecule has 1 rings (SSSR count). The summed E-state index contributed by atoms with van der Waals surface area (Å²) >= 11 is 5.79. The van der Waals surface area contributed by atoms with Gasteiger partial charge >= 0.3 is 0 Å². The molecule has 0 aliphatic carbocycles. The van der Waals surface area contributed by atoms with Crippen LogP contribution >= 0.6 is 11.6 Å². The van der Waals surface area contributed by atoms with Crippen molar-refractivity contribution in [2.45, 2.75) is 19.4 Å².